The fourth-order valence-electron chi connectivity index (χ4n) is 2.79. The number of ether oxygens (including phenoxy) is 1. The van der Waals surface area contributed by atoms with Crippen molar-refractivity contribution in [2.24, 2.45) is 0 Å². The standard InChI is InChI=1S/C14H20N2O/c1-16-10-7-14(8-11-16)6-9-15-12-4-2-3-5-13(12)17-14/h2-5,15H,6-11H2,1H3. The van der Waals surface area contributed by atoms with Gasteiger partial charge >= 0.3 is 0 Å². The molecule has 0 bridgehead atoms. The normalized spacial score (nSPS) is 23.4. The molecule has 3 heteroatoms. The van der Waals surface area contributed by atoms with Crippen LogP contribution in [0.4, 0.5) is 5.69 Å². The van der Waals surface area contributed by atoms with Crippen molar-refractivity contribution in [3.63, 3.8) is 0 Å². The van der Waals surface area contributed by atoms with Gasteiger partial charge in [-0.25, -0.2) is 0 Å². The number of hydrogen-bond donors (Lipinski definition) is 1. The summed E-state index contributed by atoms with van der Waals surface area (Å²) in [5.74, 6) is 1.02. The summed E-state index contributed by atoms with van der Waals surface area (Å²) in [7, 11) is 2.19. The van der Waals surface area contributed by atoms with Gasteiger partial charge in [0.05, 0.1) is 5.69 Å². The van der Waals surface area contributed by atoms with Gasteiger partial charge in [0.2, 0.25) is 0 Å². The van der Waals surface area contributed by atoms with Crippen molar-refractivity contribution in [1.29, 1.82) is 0 Å². The van der Waals surface area contributed by atoms with E-state index in [-0.39, 0.29) is 5.60 Å². The molecule has 2 heterocycles. The highest BCUT2D eigenvalue weighted by Gasteiger charge is 2.37. The molecule has 17 heavy (non-hydrogen) atoms. The molecule has 0 aromatic heterocycles. The molecule has 1 aromatic rings. The Morgan fingerprint density at radius 3 is 2.76 bits per heavy atom. The number of nitrogens with zero attached hydrogens (tertiary/aromatic N) is 1. The largest absolute Gasteiger partial charge is 0.485 e. The lowest BCUT2D eigenvalue weighted by Gasteiger charge is -2.40. The fraction of sp³-hybridized carbons (Fsp3) is 0.571. The van der Waals surface area contributed by atoms with Crippen LogP contribution in [-0.4, -0.2) is 37.2 Å². The molecule has 1 fully saturated rings. The van der Waals surface area contributed by atoms with Crippen LogP contribution in [-0.2, 0) is 0 Å². The Morgan fingerprint density at radius 1 is 1.18 bits per heavy atom. The van der Waals surface area contributed by atoms with Crippen LogP contribution in [0.5, 0.6) is 5.75 Å². The third-order valence-electron chi connectivity index (χ3n) is 4.01. The van der Waals surface area contributed by atoms with E-state index in [2.05, 4.69) is 41.5 Å². The number of nitrogens with one attached hydrogen (secondary N) is 1. The molecule has 1 N–H and O–H groups in total. The summed E-state index contributed by atoms with van der Waals surface area (Å²) >= 11 is 0. The number of para-hydroxylation sites is 2. The molecule has 92 valence electrons. The second-order valence-corrected chi connectivity index (χ2v) is 5.26. The molecule has 0 amide bonds. The Labute approximate surface area is 103 Å². The van der Waals surface area contributed by atoms with Crippen molar-refractivity contribution in [2.45, 2.75) is 24.9 Å². The van der Waals surface area contributed by atoms with E-state index in [0.29, 0.717) is 0 Å². The zero-order valence-corrected chi connectivity index (χ0v) is 10.4. The molecular weight excluding hydrogens is 212 g/mol. The Hall–Kier alpha value is -1.22. The highest BCUT2D eigenvalue weighted by Crippen LogP contribution is 2.37. The van der Waals surface area contributed by atoms with Gasteiger partial charge < -0.3 is 15.0 Å². The summed E-state index contributed by atoms with van der Waals surface area (Å²) in [5.41, 5.74) is 1.20. The molecule has 0 atom stereocenters. The van der Waals surface area contributed by atoms with Gasteiger partial charge in [-0.15, -0.1) is 0 Å². The predicted molar refractivity (Wildman–Crippen MR) is 69.6 cm³/mol. The van der Waals surface area contributed by atoms with E-state index >= 15 is 0 Å². The maximum absolute atomic E-state index is 6.34. The molecule has 2 aliphatic heterocycles. The summed E-state index contributed by atoms with van der Waals surface area (Å²) in [6.07, 6.45) is 3.38. The van der Waals surface area contributed by atoms with Crippen LogP contribution in [0.1, 0.15) is 19.3 Å². The Bertz CT molecular complexity index is 391. The van der Waals surface area contributed by atoms with E-state index < -0.39 is 0 Å². The molecule has 3 rings (SSSR count). The molecule has 1 saturated heterocycles. The minimum atomic E-state index is 0.0616. The lowest BCUT2D eigenvalue weighted by Crippen LogP contribution is -2.47. The van der Waals surface area contributed by atoms with E-state index in [0.717, 1.165) is 50.3 Å². The van der Waals surface area contributed by atoms with Gasteiger partial charge in [-0.2, -0.15) is 0 Å². The minimum absolute atomic E-state index is 0.0616. The van der Waals surface area contributed by atoms with Crippen molar-refractivity contribution in [3.8, 4) is 5.75 Å². The molecule has 0 saturated carbocycles. The lowest BCUT2D eigenvalue weighted by molar-refractivity contribution is 0.00675. The lowest BCUT2D eigenvalue weighted by atomic mass is 9.88. The average Bonchev–Trinajstić information content (AvgIpc) is 2.52. The maximum Gasteiger partial charge on any atom is 0.143 e. The quantitative estimate of drug-likeness (QED) is 0.743. The molecule has 0 radical (unpaired) electrons. The third kappa shape index (κ3) is 2.12. The number of fused-ring (bicyclic) bond motifs is 1. The van der Waals surface area contributed by atoms with Crippen LogP contribution in [0.25, 0.3) is 0 Å². The Balaban J connectivity index is 1.85. The first-order chi connectivity index (χ1) is 8.27. The van der Waals surface area contributed by atoms with Gasteiger partial charge in [-0.05, 0) is 32.0 Å². The molecule has 3 nitrogen and oxygen atoms in total. The highest BCUT2D eigenvalue weighted by molar-refractivity contribution is 5.57. The van der Waals surface area contributed by atoms with Crippen molar-refractivity contribution in [1.82, 2.24) is 4.90 Å². The topological polar surface area (TPSA) is 24.5 Å². The first-order valence-corrected chi connectivity index (χ1v) is 6.48. The number of likely N-dealkylation sites (tertiary alicyclic amines) is 1. The zero-order valence-electron chi connectivity index (χ0n) is 10.4. The van der Waals surface area contributed by atoms with Gasteiger partial charge in [-0.1, -0.05) is 12.1 Å². The van der Waals surface area contributed by atoms with E-state index in [1.54, 1.807) is 0 Å². The van der Waals surface area contributed by atoms with Crippen LogP contribution >= 0.6 is 0 Å². The van der Waals surface area contributed by atoms with Crippen LogP contribution in [0.2, 0.25) is 0 Å². The van der Waals surface area contributed by atoms with Crippen LogP contribution < -0.4 is 10.1 Å². The number of anilines is 1. The van der Waals surface area contributed by atoms with Gasteiger partial charge in [0, 0.05) is 26.1 Å². The molecule has 1 aromatic carbocycles. The fourth-order valence-corrected chi connectivity index (χ4v) is 2.79. The maximum atomic E-state index is 6.34. The van der Waals surface area contributed by atoms with Gasteiger partial charge in [0.15, 0.2) is 0 Å². The highest BCUT2D eigenvalue weighted by atomic mass is 16.5. The smallest absolute Gasteiger partial charge is 0.143 e. The van der Waals surface area contributed by atoms with E-state index in [1.807, 2.05) is 0 Å². The monoisotopic (exact) mass is 232 g/mol. The summed E-state index contributed by atoms with van der Waals surface area (Å²) in [4.78, 5) is 2.39. The summed E-state index contributed by atoms with van der Waals surface area (Å²) in [5, 5.41) is 3.47. The second-order valence-electron chi connectivity index (χ2n) is 5.26. The van der Waals surface area contributed by atoms with Crippen molar-refractivity contribution in [2.75, 3.05) is 32.0 Å². The van der Waals surface area contributed by atoms with E-state index in [1.165, 1.54) is 0 Å². The van der Waals surface area contributed by atoms with Crippen LogP contribution in [0.15, 0.2) is 24.3 Å². The first-order valence-electron chi connectivity index (χ1n) is 6.48. The van der Waals surface area contributed by atoms with E-state index in [4.69, 9.17) is 4.74 Å². The molecule has 2 aliphatic rings. The predicted octanol–water partition coefficient (Wildman–Crippen LogP) is 2.35. The van der Waals surface area contributed by atoms with Crippen LogP contribution in [0.3, 0.4) is 0 Å². The van der Waals surface area contributed by atoms with Crippen LogP contribution in [0, 0.1) is 0 Å². The molecular formula is C14H20N2O. The summed E-state index contributed by atoms with van der Waals surface area (Å²) in [6, 6.07) is 8.29. The summed E-state index contributed by atoms with van der Waals surface area (Å²) in [6.45, 7) is 3.30. The van der Waals surface area contributed by atoms with Gasteiger partial charge in [0.1, 0.15) is 11.4 Å². The first kappa shape index (κ1) is 10.9. The molecule has 0 aliphatic carbocycles. The molecule has 0 unspecified atom stereocenters. The van der Waals surface area contributed by atoms with Gasteiger partial charge in [0.25, 0.3) is 0 Å². The van der Waals surface area contributed by atoms with Crippen molar-refractivity contribution < 1.29 is 4.74 Å². The average molecular weight is 232 g/mol. The second kappa shape index (κ2) is 4.22. The minimum Gasteiger partial charge on any atom is -0.485 e. The van der Waals surface area contributed by atoms with E-state index in [9.17, 15) is 0 Å². The number of piperidine rings is 1. The summed E-state index contributed by atoms with van der Waals surface area (Å²) < 4.78 is 6.34. The number of rotatable bonds is 0. The third-order valence-corrected chi connectivity index (χ3v) is 4.01. The Morgan fingerprint density at radius 2 is 1.94 bits per heavy atom. The van der Waals surface area contributed by atoms with Crippen molar-refractivity contribution in [3.05, 3.63) is 24.3 Å². The van der Waals surface area contributed by atoms with Crippen molar-refractivity contribution >= 4 is 5.69 Å². The van der Waals surface area contributed by atoms with Gasteiger partial charge in [-0.3, -0.25) is 0 Å². The number of benzene rings is 1. The Kier molecular flexibility index (Phi) is 2.71. The zero-order chi connectivity index (χ0) is 11.7. The number of hydrogen-bond acceptors (Lipinski definition) is 3. The molecule has 1 spiro atoms. The SMILES string of the molecule is CN1CCC2(CCNc3ccccc3O2)CC1.